The molecule has 0 aliphatic heterocycles. The Morgan fingerprint density at radius 2 is 2.09 bits per heavy atom. The van der Waals surface area contributed by atoms with Crippen LogP contribution in [0, 0.1) is 5.82 Å². The summed E-state index contributed by atoms with van der Waals surface area (Å²) in [6, 6.07) is 6.54. The summed E-state index contributed by atoms with van der Waals surface area (Å²) in [6.45, 7) is 2.38. The maximum atomic E-state index is 13.1. The third-order valence-electron chi connectivity index (χ3n) is 3.72. The van der Waals surface area contributed by atoms with Crippen molar-refractivity contribution >= 4 is 11.7 Å². The molecule has 0 amide bonds. The van der Waals surface area contributed by atoms with E-state index in [-0.39, 0.29) is 17.7 Å². The predicted molar refractivity (Wildman–Crippen MR) is 82.1 cm³/mol. The molecule has 1 aliphatic carbocycles. The number of benzene rings is 1. The highest BCUT2D eigenvalue weighted by Gasteiger charge is 2.27. The van der Waals surface area contributed by atoms with Crippen molar-refractivity contribution in [2.75, 3.05) is 12.3 Å². The Morgan fingerprint density at radius 3 is 2.82 bits per heavy atom. The molecule has 1 atom stereocenters. The lowest BCUT2D eigenvalue weighted by atomic mass is 9.82. The lowest BCUT2D eigenvalue weighted by molar-refractivity contribution is 0.158. The molecule has 0 saturated carbocycles. The van der Waals surface area contributed by atoms with Crippen LogP contribution in [0.5, 0.6) is 0 Å². The summed E-state index contributed by atoms with van der Waals surface area (Å²) in [6.07, 6.45) is 3.11. The summed E-state index contributed by atoms with van der Waals surface area (Å²) in [7, 11) is 0. The van der Waals surface area contributed by atoms with Crippen molar-refractivity contribution in [3.8, 4) is 0 Å². The minimum atomic E-state index is -0.241. The van der Waals surface area contributed by atoms with E-state index in [1.807, 2.05) is 6.92 Å². The van der Waals surface area contributed by atoms with Crippen LogP contribution in [0.1, 0.15) is 36.1 Å². The lowest BCUT2D eigenvalue weighted by Crippen LogP contribution is -2.22. The summed E-state index contributed by atoms with van der Waals surface area (Å²) in [5, 5.41) is 4.19. The second-order valence-corrected chi connectivity index (χ2v) is 5.20. The molecule has 0 spiro atoms. The maximum Gasteiger partial charge on any atom is 0.220 e. The van der Waals surface area contributed by atoms with E-state index in [0.29, 0.717) is 13.0 Å². The fourth-order valence-corrected chi connectivity index (χ4v) is 2.68. The lowest BCUT2D eigenvalue weighted by Gasteiger charge is -2.25. The molecule has 0 saturated heterocycles. The molecule has 6 heteroatoms. The number of halogens is 1. The zero-order valence-corrected chi connectivity index (χ0v) is 12.3. The van der Waals surface area contributed by atoms with Gasteiger partial charge in [0.2, 0.25) is 5.95 Å². The monoisotopic (exact) mass is 300 g/mol. The average Bonchev–Trinajstić information content (AvgIpc) is 2.52. The number of rotatable bonds is 3. The highest BCUT2D eigenvalue weighted by atomic mass is 19.1. The molecule has 114 valence electrons. The zero-order chi connectivity index (χ0) is 15.5. The van der Waals surface area contributed by atoms with E-state index in [4.69, 9.17) is 10.6 Å². The molecule has 0 fully saturated rings. The van der Waals surface area contributed by atoms with Gasteiger partial charge in [-0.05, 0) is 37.0 Å². The van der Waals surface area contributed by atoms with Crippen LogP contribution in [-0.4, -0.2) is 22.3 Å². The Hall–Kier alpha value is -2.50. The highest BCUT2D eigenvalue weighted by Crippen LogP contribution is 2.32. The van der Waals surface area contributed by atoms with Gasteiger partial charge in [0.1, 0.15) is 12.4 Å². The Kier molecular flexibility index (Phi) is 4.00. The zero-order valence-electron chi connectivity index (χ0n) is 12.3. The van der Waals surface area contributed by atoms with Crippen LogP contribution in [-0.2, 0) is 11.3 Å². The average molecular weight is 300 g/mol. The summed E-state index contributed by atoms with van der Waals surface area (Å²) in [5.74, 6) is 0.172. The number of nitrogens with zero attached hydrogens (tertiary/aromatic N) is 3. The van der Waals surface area contributed by atoms with E-state index in [1.165, 1.54) is 12.1 Å². The van der Waals surface area contributed by atoms with Crippen molar-refractivity contribution in [3.05, 3.63) is 53.1 Å². The van der Waals surface area contributed by atoms with Gasteiger partial charge in [-0.1, -0.05) is 17.3 Å². The van der Waals surface area contributed by atoms with E-state index in [1.54, 1.807) is 18.3 Å². The number of hydrogen-bond acceptors (Lipinski definition) is 5. The van der Waals surface area contributed by atoms with E-state index >= 15 is 0 Å². The second-order valence-electron chi connectivity index (χ2n) is 5.20. The van der Waals surface area contributed by atoms with Gasteiger partial charge in [-0.15, -0.1) is 0 Å². The molecule has 1 aromatic heterocycles. The van der Waals surface area contributed by atoms with Crippen LogP contribution in [0.15, 0.2) is 35.6 Å². The number of anilines is 1. The summed E-state index contributed by atoms with van der Waals surface area (Å²) in [5.41, 5.74) is 9.27. The highest BCUT2D eigenvalue weighted by molar-refractivity contribution is 6.02. The molecule has 2 N–H and O–H groups in total. The topological polar surface area (TPSA) is 73.4 Å². The van der Waals surface area contributed by atoms with Crippen molar-refractivity contribution in [1.82, 2.24) is 9.97 Å². The van der Waals surface area contributed by atoms with Gasteiger partial charge in [0.15, 0.2) is 0 Å². The molecule has 1 heterocycles. The van der Waals surface area contributed by atoms with Crippen LogP contribution >= 0.6 is 0 Å². The van der Waals surface area contributed by atoms with Crippen LogP contribution in [0.3, 0.4) is 0 Å². The first-order chi connectivity index (χ1) is 10.7. The molecule has 1 unspecified atom stereocenters. The van der Waals surface area contributed by atoms with Gasteiger partial charge in [0.05, 0.1) is 11.4 Å². The van der Waals surface area contributed by atoms with Crippen LogP contribution in [0.4, 0.5) is 10.3 Å². The minimum absolute atomic E-state index is 0.168. The summed E-state index contributed by atoms with van der Waals surface area (Å²) < 4.78 is 13.1. The normalized spacial score (nSPS) is 19.0. The first-order valence-electron chi connectivity index (χ1n) is 7.23. The molecule has 0 bridgehead atoms. The van der Waals surface area contributed by atoms with Crippen LogP contribution in [0.2, 0.25) is 0 Å². The molecule has 2 aromatic rings. The minimum Gasteiger partial charge on any atom is -0.396 e. The van der Waals surface area contributed by atoms with Gasteiger partial charge in [-0.25, -0.2) is 14.4 Å². The smallest absolute Gasteiger partial charge is 0.220 e. The van der Waals surface area contributed by atoms with Gasteiger partial charge in [-0.3, -0.25) is 0 Å². The molecule has 3 rings (SSSR count). The van der Waals surface area contributed by atoms with Gasteiger partial charge < -0.3 is 10.6 Å². The SMILES string of the molecule is CCON=C1CC(c2ccc(F)cc2)Cc2nc(N)ncc21. The van der Waals surface area contributed by atoms with E-state index in [0.717, 1.165) is 29.0 Å². The summed E-state index contributed by atoms with van der Waals surface area (Å²) >= 11 is 0. The maximum absolute atomic E-state index is 13.1. The molecule has 22 heavy (non-hydrogen) atoms. The van der Waals surface area contributed by atoms with Crippen molar-refractivity contribution < 1.29 is 9.23 Å². The number of fused-ring (bicyclic) bond motifs is 1. The standard InChI is InChI=1S/C16H17FN4O/c1-2-22-21-15-8-11(10-3-5-12(17)6-4-10)7-14-13(15)9-19-16(18)20-14/h3-6,9,11H,2,7-8H2,1H3,(H2,18,19,20). The van der Waals surface area contributed by atoms with Gasteiger partial charge in [-0.2, -0.15) is 0 Å². The number of nitrogen functional groups attached to an aromatic ring is 1. The molecule has 1 aromatic carbocycles. The fraction of sp³-hybridized carbons (Fsp3) is 0.312. The molecule has 5 nitrogen and oxygen atoms in total. The third-order valence-corrected chi connectivity index (χ3v) is 3.72. The van der Waals surface area contributed by atoms with E-state index < -0.39 is 0 Å². The van der Waals surface area contributed by atoms with Gasteiger partial charge in [0, 0.05) is 18.2 Å². The Labute approximate surface area is 128 Å². The molecular formula is C16H17FN4O. The Morgan fingerprint density at radius 1 is 1.32 bits per heavy atom. The quantitative estimate of drug-likeness (QED) is 0.884. The van der Waals surface area contributed by atoms with Crippen LogP contribution < -0.4 is 5.73 Å². The number of aromatic nitrogens is 2. The van der Waals surface area contributed by atoms with E-state index in [2.05, 4.69) is 15.1 Å². The number of oxime groups is 1. The van der Waals surface area contributed by atoms with Crippen molar-refractivity contribution in [2.45, 2.75) is 25.7 Å². The predicted octanol–water partition coefficient (Wildman–Crippen LogP) is 2.67. The van der Waals surface area contributed by atoms with Gasteiger partial charge in [0.25, 0.3) is 0 Å². The van der Waals surface area contributed by atoms with Crippen molar-refractivity contribution in [3.63, 3.8) is 0 Å². The second kappa shape index (κ2) is 6.09. The molecule has 0 radical (unpaired) electrons. The number of hydrogen-bond donors (Lipinski definition) is 1. The van der Waals surface area contributed by atoms with Crippen molar-refractivity contribution in [2.24, 2.45) is 5.16 Å². The van der Waals surface area contributed by atoms with Gasteiger partial charge >= 0.3 is 0 Å². The fourth-order valence-electron chi connectivity index (χ4n) is 2.68. The number of nitrogens with two attached hydrogens (primary N) is 1. The van der Waals surface area contributed by atoms with E-state index in [9.17, 15) is 4.39 Å². The Balaban J connectivity index is 1.98. The van der Waals surface area contributed by atoms with Crippen LogP contribution in [0.25, 0.3) is 0 Å². The first kappa shape index (κ1) is 14.4. The first-order valence-corrected chi connectivity index (χ1v) is 7.23. The van der Waals surface area contributed by atoms with Crippen molar-refractivity contribution in [1.29, 1.82) is 0 Å². The third kappa shape index (κ3) is 2.90. The molecule has 1 aliphatic rings. The summed E-state index contributed by atoms with van der Waals surface area (Å²) in [4.78, 5) is 13.6. The largest absolute Gasteiger partial charge is 0.396 e. The molecular weight excluding hydrogens is 283 g/mol. The Bertz CT molecular complexity index is 700.